The van der Waals surface area contributed by atoms with Crippen LogP contribution >= 0.6 is 0 Å². The summed E-state index contributed by atoms with van der Waals surface area (Å²) in [6.07, 6.45) is 0. The zero-order chi connectivity index (χ0) is 20.6. The number of rotatable bonds is 7. The highest BCUT2D eigenvalue weighted by Gasteiger charge is 2.19. The minimum absolute atomic E-state index is 0.111. The molecule has 7 nitrogen and oxygen atoms in total. The number of hydrogen-bond donors (Lipinski definition) is 2. The molecule has 0 fully saturated rings. The van der Waals surface area contributed by atoms with E-state index >= 15 is 0 Å². The van der Waals surface area contributed by atoms with Crippen LogP contribution in [-0.2, 0) is 15.0 Å². The molecule has 0 saturated carbocycles. The average Bonchev–Trinajstić information content (AvgIpc) is 2.69. The summed E-state index contributed by atoms with van der Waals surface area (Å²) in [5.74, 6) is 0.890. The smallest absolute Gasteiger partial charge is 0.276 e. The molecule has 150 valence electrons. The number of nitrogens with one attached hydrogen (secondary N) is 2. The van der Waals surface area contributed by atoms with Crippen LogP contribution < -0.4 is 25.1 Å². The Morgan fingerprint density at radius 3 is 1.93 bits per heavy atom. The largest absolute Gasteiger partial charge is 0.497 e. The lowest BCUT2D eigenvalue weighted by Crippen LogP contribution is -2.45. The molecule has 28 heavy (non-hydrogen) atoms. The van der Waals surface area contributed by atoms with Gasteiger partial charge in [0.1, 0.15) is 17.2 Å². The summed E-state index contributed by atoms with van der Waals surface area (Å²) in [7, 11) is 1.57. The van der Waals surface area contributed by atoms with Crippen molar-refractivity contribution in [3.8, 4) is 17.2 Å². The number of amides is 2. The van der Waals surface area contributed by atoms with E-state index in [1.54, 1.807) is 31.4 Å². The Morgan fingerprint density at radius 1 is 0.821 bits per heavy atom. The first kappa shape index (κ1) is 21.1. The zero-order valence-electron chi connectivity index (χ0n) is 16.6. The summed E-state index contributed by atoms with van der Waals surface area (Å²) >= 11 is 0. The second-order valence-corrected chi connectivity index (χ2v) is 7.10. The van der Waals surface area contributed by atoms with Gasteiger partial charge in [-0.1, -0.05) is 39.0 Å². The summed E-state index contributed by atoms with van der Waals surface area (Å²) in [5, 5.41) is 0. The number of benzene rings is 2. The summed E-state index contributed by atoms with van der Waals surface area (Å²) in [6, 6.07) is 14.4. The maximum Gasteiger partial charge on any atom is 0.276 e. The van der Waals surface area contributed by atoms with Crippen LogP contribution in [0.5, 0.6) is 17.2 Å². The van der Waals surface area contributed by atoms with Crippen LogP contribution in [0.1, 0.15) is 26.3 Å². The van der Waals surface area contributed by atoms with Crippen LogP contribution in [0.15, 0.2) is 48.5 Å². The van der Waals surface area contributed by atoms with E-state index in [4.69, 9.17) is 14.2 Å². The summed E-state index contributed by atoms with van der Waals surface area (Å²) in [6.45, 7) is 5.75. The van der Waals surface area contributed by atoms with E-state index in [2.05, 4.69) is 31.6 Å². The Balaban J connectivity index is 1.74. The van der Waals surface area contributed by atoms with Gasteiger partial charge in [-0.05, 0) is 41.3 Å². The van der Waals surface area contributed by atoms with Gasteiger partial charge < -0.3 is 14.2 Å². The number of hydrazine groups is 1. The molecule has 7 heteroatoms. The SMILES string of the molecule is COc1ccc(OCC(=O)NNC(=O)COc2ccccc2C(C)(C)C)cc1. The van der Waals surface area contributed by atoms with Crippen LogP contribution in [0.3, 0.4) is 0 Å². The van der Waals surface area contributed by atoms with Crippen LogP contribution in [0.2, 0.25) is 0 Å². The van der Waals surface area contributed by atoms with Crippen LogP contribution in [-0.4, -0.2) is 32.1 Å². The average molecular weight is 386 g/mol. The fraction of sp³-hybridized carbons (Fsp3) is 0.333. The van der Waals surface area contributed by atoms with Crippen molar-refractivity contribution in [3.05, 3.63) is 54.1 Å². The first-order chi connectivity index (χ1) is 13.3. The van der Waals surface area contributed by atoms with Gasteiger partial charge in [0.05, 0.1) is 7.11 Å². The van der Waals surface area contributed by atoms with Crippen molar-refractivity contribution in [2.24, 2.45) is 0 Å². The third-order valence-corrected chi connectivity index (χ3v) is 3.82. The molecule has 0 spiro atoms. The van der Waals surface area contributed by atoms with Gasteiger partial charge >= 0.3 is 0 Å². The van der Waals surface area contributed by atoms with Gasteiger partial charge in [0, 0.05) is 0 Å². The van der Waals surface area contributed by atoms with E-state index < -0.39 is 11.8 Å². The summed E-state index contributed by atoms with van der Waals surface area (Å²) < 4.78 is 16.0. The minimum atomic E-state index is -0.487. The molecular formula is C21H26N2O5. The van der Waals surface area contributed by atoms with Gasteiger partial charge in [0.15, 0.2) is 13.2 Å². The van der Waals surface area contributed by atoms with Gasteiger partial charge in [-0.2, -0.15) is 0 Å². The predicted octanol–water partition coefficient (Wildman–Crippen LogP) is 2.60. The zero-order valence-corrected chi connectivity index (χ0v) is 16.6. The maximum absolute atomic E-state index is 11.9. The van der Waals surface area contributed by atoms with Crippen molar-refractivity contribution in [2.75, 3.05) is 20.3 Å². The van der Waals surface area contributed by atoms with Crippen molar-refractivity contribution in [1.29, 1.82) is 0 Å². The topological polar surface area (TPSA) is 85.9 Å². The Labute approximate surface area is 165 Å². The molecule has 2 amide bonds. The summed E-state index contributed by atoms with van der Waals surface area (Å²) in [4.78, 5) is 23.7. The highest BCUT2D eigenvalue weighted by molar-refractivity contribution is 5.83. The Hall–Kier alpha value is -3.22. The van der Waals surface area contributed by atoms with Gasteiger partial charge in [-0.3, -0.25) is 20.4 Å². The third-order valence-electron chi connectivity index (χ3n) is 3.82. The van der Waals surface area contributed by atoms with E-state index in [0.717, 1.165) is 5.56 Å². The number of ether oxygens (including phenoxy) is 3. The molecule has 0 atom stereocenters. The Morgan fingerprint density at radius 2 is 1.36 bits per heavy atom. The lowest BCUT2D eigenvalue weighted by atomic mass is 9.86. The predicted molar refractivity (Wildman–Crippen MR) is 105 cm³/mol. The normalized spacial score (nSPS) is 10.7. The second kappa shape index (κ2) is 9.64. The van der Waals surface area contributed by atoms with Gasteiger partial charge in [-0.15, -0.1) is 0 Å². The van der Waals surface area contributed by atoms with Gasteiger partial charge in [0.25, 0.3) is 11.8 Å². The fourth-order valence-corrected chi connectivity index (χ4v) is 2.39. The molecular weight excluding hydrogens is 360 g/mol. The van der Waals surface area contributed by atoms with Crippen LogP contribution in [0, 0.1) is 0 Å². The lowest BCUT2D eigenvalue weighted by Gasteiger charge is -2.22. The van der Waals surface area contributed by atoms with E-state index in [1.165, 1.54) is 0 Å². The molecule has 2 rings (SSSR count). The first-order valence-electron chi connectivity index (χ1n) is 8.86. The number of methoxy groups -OCH3 is 1. The van der Waals surface area contributed by atoms with Crippen molar-refractivity contribution >= 4 is 11.8 Å². The molecule has 0 aromatic heterocycles. The molecule has 0 aliphatic carbocycles. The van der Waals surface area contributed by atoms with Crippen LogP contribution in [0.4, 0.5) is 0 Å². The fourth-order valence-electron chi connectivity index (χ4n) is 2.39. The Bertz CT molecular complexity index is 797. The monoisotopic (exact) mass is 386 g/mol. The number of para-hydroxylation sites is 1. The van der Waals surface area contributed by atoms with E-state index in [1.807, 2.05) is 24.3 Å². The molecule has 0 aliphatic rings. The summed E-state index contributed by atoms with van der Waals surface area (Å²) in [5.41, 5.74) is 5.48. The maximum atomic E-state index is 11.9. The standard InChI is InChI=1S/C21H26N2O5/c1-21(2,3)17-7-5-6-8-18(17)28-14-20(25)23-22-19(24)13-27-16-11-9-15(26-4)10-12-16/h5-12H,13-14H2,1-4H3,(H,22,24)(H,23,25). The highest BCUT2D eigenvalue weighted by atomic mass is 16.5. The second-order valence-electron chi connectivity index (χ2n) is 7.10. The molecule has 0 radical (unpaired) electrons. The van der Waals surface area contributed by atoms with Crippen molar-refractivity contribution in [1.82, 2.24) is 10.9 Å². The lowest BCUT2D eigenvalue weighted by molar-refractivity contribution is -0.131. The van der Waals surface area contributed by atoms with Crippen LogP contribution in [0.25, 0.3) is 0 Å². The molecule has 2 aromatic rings. The molecule has 0 heterocycles. The van der Waals surface area contributed by atoms with E-state index in [9.17, 15) is 9.59 Å². The van der Waals surface area contributed by atoms with Crippen molar-refractivity contribution < 1.29 is 23.8 Å². The van der Waals surface area contributed by atoms with Crippen molar-refractivity contribution in [3.63, 3.8) is 0 Å². The quantitative estimate of drug-likeness (QED) is 0.715. The molecule has 0 aliphatic heterocycles. The molecule has 2 N–H and O–H groups in total. The van der Waals surface area contributed by atoms with Gasteiger partial charge in [0.2, 0.25) is 0 Å². The molecule has 2 aromatic carbocycles. The number of hydrogen-bond acceptors (Lipinski definition) is 5. The number of carbonyl (C=O) groups excluding carboxylic acids is 2. The molecule has 0 saturated heterocycles. The Kier molecular flexibility index (Phi) is 7.26. The third kappa shape index (κ3) is 6.50. The van der Waals surface area contributed by atoms with Crippen molar-refractivity contribution in [2.45, 2.75) is 26.2 Å². The molecule has 0 bridgehead atoms. The molecule has 0 unspecified atom stereocenters. The minimum Gasteiger partial charge on any atom is -0.497 e. The van der Waals surface area contributed by atoms with Gasteiger partial charge in [-0.25, -0.2) is 0 Å². The highest BCUT2D eigenvalue weighted by Crippen LogP contribution is 2.30. The number of carbonyl (C=O) groups is 2. The van der Waals surface area contributed by atoms with E-state index in [0.29, 0.717) is 17.2 Å². The first-order valence-corrected chi connectivity index (χ1v) is 8.86. The van der Waals surface area contributed by atoms with E-state index in [-0.39, 0.29) is 18.6 Å².